The number of carbonyl (C=O) groups is 2. The lowest BCUT2D eigenvalue weighted by atomic mass is 9.88. The van der Waals surface area contributed by atoms with Gasteiger partial charge in [0.1, 0.15) is 0 Å². The van der Waals surface area contributed by atoms with E-state index in [1.807, 2.05) is 13.8 Å². The molecule has 7 heteroatoms. The standard InChI is InChI=1S/C16H21Cl2N3O2/c1-3-21(16(23)10(2)11-7-19-8-11)9-14(22)20-15-12(17)5-4-6-13(15)18/h4-6,10-11,19H,3,7-9H2,1-2H3,(H,20,22). The van der Waals surface area contributed by atoms with Gasteiger partial charge in [0, 0.05) is 12.5 Å². The van der Waals surface area contributed by atoms with E-state index in [1.165, 1.54) is 0 Å². The van der Waals surface area contributed by atoms with Crippen LogP contribution in [0, 0.1) is 11.8 Å². The van der Waals surface area contributed by atoms with Crippen molar-refractivity contribution in [2.45, 2.75) is 13.8 Å². The van der Waals surface area contributed by atoms with Gasteiger partial charge in [-0.15, -0.1) is 0 Å². The van der Waals surface area contributed by atoms with Gasteiger partial charge in [0.2, 0.25) is 11.8 Å². The van der Waals surface area contributed by atoms with Gasteiger partial charge >= 0.3 is 0 Å². The first-order valence-corrected chi connectivity index (χ1v) is 8.43. The average molecular weight is 358 g/mol. The Morgan fingerprint density at radius 2 is 1.96 bits per heavy atom. The van der Waals surface area contributed by atoms with Gasteiger partial charge in [0.05, 0.1) is 22.3 Å². The van der Waals surface area contributed by atoms with Crippen molar-refractivity contribution in [2.75, 3.05) is 31.5 Å². The summed E-state index contributed by atoms with van der Waals surface area (Å²) in [6.45, 7) is 5.95. The summed E-state index contributed by atoms with van der Waals surface area (Å²) in [5.41, 5.74) is 0.376. The molecule has 1 aliphatic rings. The van der Waals surface area contributed by atoms with E-state index < -0.39 is 0 Å². The minimum absolute atomic E-state index is 0.000550. The summed E-state index contributed by atoms with van der Waals surface area (Å²) < 4.78 is 0. The van der Waals surface area contributed by atoms with E-state index in [9.17, 15) is 9.59 Å². The van der Waals surface area contributed by atoms with Crippen LogP contribution in [0.1, 0.15) is 13.8 Å². The number of nitrogens with zero attached hydrogens (tertiary/aromatic N) is 1. The third kappa shape index (κ3) is 4.37. The second kappa shape index (κ2) is 7.99. The second-order valence-electron chi connectivity index (χ2n) is 5.70. The van der Waals surface area contributed by atoms with E-state index in [1.54, 1.807) is 23.1 Å². The highest BCUT2D eigenvalue weighted by atomic mass is 35.5. The Kier molecular flexibility index (Phi) is 6.27. The molecule has 1 aromatic carbocycles. The highest BCUT2D eigenvalue weighted by Gasteiger charge is 2.31. The monoisotopic (exact) mass is 357 g/mol. The minimum atomic E-state index is -0.311. The molecular weight excluding hydrogens is 337 g/mol. The Balaban J connectivity index is 1.98. The first-order valence-electron chi connectivity index (χ1n) is 7.67. The summed E-state index contributed by atoms with van der Waals surface area (Å²) in [4.78, 5) is 26.3. The Bertz CT molecular complexity index is 570. The molecular formula is C16H21Cl2N3O2. The van der Waals surface area contributed by atoms with Crippen molar-refractivity contribution in [1.29, 1.82) is 0 Å². The zero-order chi connectivity index (χ0) is 17.0. The zero-order valence-electron chi connectivity index (χ0n) is 13.2. The predicted molar refractivity (Wildman–Crippen MR) is 92.9 cm³/mol. The average Bonchev–Trinajstić information content (AvgIpc) is 2.46. The van der Waals surface area contributed by atoms with Gasteiger partial charge < -0.3 is 15.5 Å². The summed E-state index contributed by atoms with van der Waals surface area (Å²) in [6, 6.07) is 5.01. The fourth-order valence-electron chi connectivity index (χ4n) is 2.47. The number of likely N-dealkylation sites (N-methyl/N-ethyl adjacent to an activating group) is 1. The summed E-state index contributed by atoms with van der Waals surface area (Å²) in [7, 11) is 0. The largest absolute Gasteiger partial charge is 0.333 e. The lowest BCUT2D eigenvalue weighted by molar-refractivity contribution is -0.139. The predicted octanol–water partition coefficient (Wildman–Crippen LogP) is 2.64. The molecule has 0 radical (unpaired) electrons. The summed E-state index contributed by atoms with van der Waals surface area (Å²) in [6.07, 6.45) is 0. The van der Waals surface area contributed by atoms with E-state index in [-0.39, 0.29) is 24.3 Å². The van der Waals surface area contributed by atoms with Crippen LogP contribution in [0.2, 0.25) is 10.0 Å². The Hall–Kier alpha value is -1.30. The normalized spacial score (nSPS) is 15.7. The Labute approximate surface area is 146 Å². The molecule has 5 nitrogen and oxygen atoms in total. The van der Waals surface area contributed by atoms with Crippen LogP contribution in [-0.4, -0.2) is 42.9 Å². The van der Waals surface area contributed by atoms with Crippen LogP contribution < -0.4 is 10.6 Å². The number of rotatable bonds is 6. The number of benzene rings is 1. The number of nitrogens with one attached hydrogen (secondary N) is 2. The maximum absolute atomic E-state index is 12.5. The third-order valence-corrected chi connectivity index (χ3v) is 4.79. The fraction of sp³-hybridized carbons (Fsp3) is 0.500. The second-order valence-corrected chi connectivity index (χ2v) is 6.52. The van der Waals surface area contributed by atoms with Crippen molar-refractivity contribution in [2.24, 2.45) is 11.8 Å². The number of halogens is 2. The van der Waals surface area contributed by atoms with Crippen molar-refractivity contribution in [3.05, 3.63) is 28.2 Å². The van der Waals surface area contributed by atoms with E-state index >= 15 is 0 Å². The number of amides is 2. The molecule has 2 amide bonds. The molecule has 1 fully saturated rings. The van der Waals surface area contributed by atoms with Crippen LogP contribution in [0.3, 0.4) is 0 Å². The molecule has 2 N–H and O–H groups in total. The highest BCUT2D eigenvalue weighted by Crippen LogP contribution is 2.29. The molecule has 1 aromatic rings. The van der Waals surface area contributed by atoms with Crippen LogP contribution in [0.4, 0.5) is 5.69 Å². The van der Waals surface area contributed by atoms with Crippen molar-refractivity contribution < 1.29 is 9.59 Å². The van der Waals surface area contributed by atoms with Crippen LogP contribution in [0.25, 0.3) is 0 Å². The van der Waals surface area contributed by atoms with E-state index in [2.05, 4.69) is 10.6 Å². The number of hydrogen-bond acceptors (Lipinski definition) is 3. The summed E-state index contributed by atoms with van der Waals surface area (Å²) in [5.74, 6) is -0.0564. The van der Waals surface area contributed by atoms with Gasteiger partial charge in [0.15, 0.2) is 0 Å². The van der Waals surface area contributed by atoms with Crippen LogP contribution >= 0.6 is 23.2 Å². The molecule has 0 aliphatic carbocycles. The number of para-hydroxylation sites is 1. The first-order chi connectivity index (χ1) is 10.9. The maximum atomic E-state index is 12.5. The van der Waals surface area contributed by atoms with Crippen LogP contribution in [0.5, 0.6) is 0 Å². The molecule has 0 bridgehead atoms. The topological polar surface area (TPSA) is 61.4 Å². The number of carbonyl (C=O) groups excluding carboxylic acids is 2. The number of hydrogen-bond donors (Lipinski definition) is 2. The van der Waals surface area contributed by atoms with Gasteiger partial charge in [-0.05, 0) is 38.1 Å². The lowest BCUT2D eigenvalue weighted by Gasteiger charge is -2.34. The highest BCUT2D eigenvalue weighted by molar-refractivity contribution is 6.39. The SMILES string of the molecule is CCN(CC(=O)Nc1c(Cl)cccc1Cl)C(=O)C(C)C1CNC1. The van der Waals surface area contributed by atoms with E-state index in [0.717, 1.165) is 13.1 Å². The number of anilines is 1. The van der Waals surface area contributed by atoms with E-state index in [0.29, 0.717) is 28.2 Å². The molecule has 1 aliphatic heterocycles. The van der Waals surface area contributed by atoms with Gasteiger partial charge in [-0.1, -0.05) is 36.2 Å². The van der Waals surface area contributed by atoms with Crippen LogP contribution in [0.15, 0.2) is 18.2 Å². The molecule has 2 rings (SSSR count). The molecule has 1 saturated heterocycles. The van der Waals surface area contributed by atoms with Crippen molar-refractivity contribution >= 4 is 40.7 Å². The maximum Gasteiger partial charge on any atom is 0.244 e. The molecule has 126 valence electrons. The van der Waals surface area contributed by atoms with Gasteiger partial charge in [-0.3, -0.25) is 9.59 Å². The van der Waals surface area contributed by atoms with Gasteiger partial charge in [0.25, 0.3) is 0 Å². The van der Waals surface area contributed by atoms with Gasteiger partial charge in [-0.2, -0.15) is 0 Å². The Morgan fingerprint density at radius 1 is 1.35 bits per heavy atom. The summed E-state index contributed by atoms with van der Waals surface area (Å²) >= 11 is 12.1. The molecule has 0 saturated carbocycles. The molecule has 1 atom stereocenters. The van der Waals surface area contributed by atoms with E-state index in [4.69, 9.17) is 23.2 Å². The van der Waals surface area contributed by atoms with Crippen molar-refractivity contribution in [3.8, 4) is 0 Å². The first kappa shape index (κ1) is 18.0. The van der Waals surface area contributed by atoms with Gasteiger partial charge in [-0.25, -0.2) is 0 Å². The molecule has 0 spiro atoms. The van der Waals surface area contributed by atoms with Crippen LogP contribution in [-0.2, 0) is 9.59 Å². The zero-order valence-corrected chi connectivity index (χ0v) is 14.7. The Morgan fingerprint density at radius 3 is 2.43 bits per heavy atom. The minimum Gasteiger partial charge on any atom is -0.333 e. The molecule has 23 heavy (non-hydrogen) atoms. The van der Waals surface area contributed by atoms with Crippen molar-refractivity contribution in [1.82, 2.24) is 10.2 Å². The fourth-order valence-corrected chi connectivity index (χ4v) is 2.96. The molecule has 1 unspecified atom stereocenters. The molecule has 0 aromatic heterocycles. The third-order valence-electron chi connectivity index (χ3n) is 4.16. The smallest absolute Gasteiger partial charge is 0.244 e. The lowest BCUT2D eigenvalue weighted by Crippen LogP contribution is -2.51. The van der Waals surface area contributed by atoms with Crippen molar-refractivity contribution in [3.63, 3.8) is 0 Å². The molecule has 1 heterocycles. The summed E-state index contributed by atoms with van der Waals surface area (Å²) in [5, 5.41) is 6.58. The quantitative estimate of drug-likeness (QED) is 0.822.